The Labute approximate surface area is 175 Å². The van der Waals surface area contributed by atoms with Gasteiger partial charge in [0.05, 0.1) is 10.6 Å². The molecule has 0 aliphatic carbocycles. The van der Waals surface area contributed by atoms with Crippen LogP contribution in [0.1, 0.15) is 0 Å². The molecule has 30 heavy (non-hydrogen) atoms. The van der Waals surface area contributed by atoms with Gasteiger partial charge in [0.25, 0.3) is 0 Å². The fourth-order valence-corrected chi connectivity index (χ4v) is 4.34. The number of fused-ring (bicyclic) bond motifs is 1. The SMILES string of the molecule is O=C(CSc1ccc2ccccc2c1)Nc1ccc(S(=O)(=O)NCC(F)(F)F)cc1. The van der Waals surface area contributed by atoms with Gasteiger partial charge in [-0.15, -0.1) is 11.8 Å². The molecule has 5 nitrogen and oxygen atoms in total. The molecule has 0 unspecified atom stereocenters. The van der Waals surface area contributed by atoms with E-state index in [4.69, 9.17) is 0 Å². The predicted molar refractivity (Wildman–Crippen MR) is 111 cm³/mol. The number of alkyl halides is 3. The van der Waals surface area contributed by atoms with E-state index in [1.165, 1.54) is 28.6 Å². The standard InChI is InChI=1S/C20H17F3N2O3S2/c21-20(22,23)13-24-30(27,28)18-9-6-16(7-10-18)25-19(26)12-29-17-8-5-14-3-1-2-4-15(14)11-17/h1-11,24H,12-13H2,(H,25,26). The number of hydrogen-bond acceptors (Lipinski definition) is 4. The van der Waals surface area contributed by atoms with Crippen LogP contribution in [-0.4, -0.2) is 32.8 Å². The lowest BCUT2D eigenvalue weighted by molar-refractivity contribution is -0.121. The molecule has 0 saturated carbocycles. The molecular formula is C20H17F3N2O3S2. The number of benzene rings is 3. The molecule has 0 heterocycles. The van der Waals surface area contributed by atoms with Crippen molar-refractivity contribution in [3.05, 3.63) is 66.7 Å². The molecule has 0 saturated heterocycles. The first-order valence-corrected chi connectivity index (χ1v) is 11.2. The zero-order valence-electron chi connectivity index (χ0n) is 15.4. The van der Waals surface area contributed by atoms with Crippen LogP contribution in [0.5, 0.6) is 0 Å². The molecule has 2 N–H and O–H groups in total. The van der Waals surface area contributed by atoms with E-state index in [9.17, 15) is 26.4 Å². The second-order valence-electron chi connectivity index (χ2n) is 6.31. The van der Waals surface area contributed by atoms with Crippen LogP contribution in [0.25, 0.3) is 10.8 Å². The third kappa shape index (κ3) is 6.22. The number of halogens is 3. The van der Waals surface area contributed by atoms with Crippen molar-refractivity contribution in [1.29, 1.82) is 0 Å². The normalized spacial score (nSPS) is 12.1. The Balaban J connectivity index is 1.56. The molecular weight excluding hydrogens is 437 g/mol. The van der Waals surface area contributed by atoms with Gasteiger partial charge in [0.2, 0.25) is 15.9 Å². The summed E-state index contributed by atoms with van der Waals surface area (Å²) >= 11 is 1.35. The van der Waals surface area contributed by atoms with Crippen molar-refractivity contribution in [1.82, 2.24) is 4.72 Å². The van der Waals surface area contributed by atoms with Crippen molar-refractivity contribution in [2.75, 3.05) is 17.6 Å². The van der Waals surface area contributed by atoms with Crippen LogP contribution >= 0.6 is 11.8 Å². The topological polar surface area (TPSA) is 75.3 Å². The molecule has 0 bridgehead atoms. The summed E-state index contributed by atoms with van der Waals surface area (Å²) in [6.07, 6.45) is -4.65. The highest BCUT2D eigenvalue weighted by atomic mass is 32.2. The molecule has 158 valence electrons. The van der Waals surface area contributed by atoms with E-state index in [1.54, 1.807) is 0 Å². The van der Waals surface area contributed by atoms with Crippen LogP contribution in [0.3, 0.4) is 0 Å². The van der Waals surface area contributed by atoms with Gasteiger partial charge in [-0.2, -0.15) is 13.2 Å². The Morgan fingerprint density at radius 3 is 2.27 bits per heavy atom. The molecule has 0 aliphatic heterocycles. The first-order chi connectivity index (χ1) is 14.1. The fraction of sp³-hybridized carbons (Fsp3) is 0.150. The number of amides is 1. The van der Waals surface area contributed by atoms with E-state index in [1.807, 2.05) is 42.5 Å². The monoisotopic (exact) mass is 454 g/mol. The molecule has 0 atom stereocenters. The van der Waals surface area contributed by atoms with Gasteiger partial charge in [0.1, 0.15) is 6.54 Å². The number of anilines is 1. The molecule has 3 aromatic carbocycles. The van der Waals surface area contributed by atoms with E-state index < -0.39 is 22.7 Å². The van der Waals surface area contributed by atoms with Gasteiger partial charge in [-0.3, -0.25) is 4.79 Å². The average molecular weight is 454 g/mol. The molecule has 0 aliphatic rings. The summed E-state index contributed by atoms with van der Waals surface area (Å²) in [5.41, 5.74) is 0.342. The predicted octanol–water partition coefficient (Wildman–Crippen LogP) is 4.41. The van der Waals surface area contributed by atoms with E-state index in [2.05, 4.69) is 5.32 Å². The van der Waals surface area contributed by atoms with Gasteiger partial charge >= 0.3 is 6.18 Å². The summed E-state index contributed by atoms with van der Waals surface area (Å²) in [5, 5.41) is 4.80. The minimum Gasteiger partial charge on any atom is -0.325 e. The maximum atomic E-state index is 12.2. The number of sulfonamides is 1. The minimum absolute atomic E-state index is 0.144. The first-order valence-electron chi connectivity index (χ1n) is 8.70. The third-order valence-electron chi connectivity index (χ3n) is 4.00. The molecule has 1 amide bonds. The lowest BCUT2D eigenvalue weighted by Crippen LogP contribution is -2.33. The first kappa shape index (κ1) is 22.1. The lowest BCUT2D eigenvalue weighted by atomic mass is 10.1. The van der Waals surface area contributed by atoms with Gasteiger partial charge in [-0.25, -0.2) is 13.1 Å². The Bertz CT molecular complexity index is 1150. The van der Waals surface area contributed by atoms with Gasteiger partial charge in [-0.05, 0) is 47.2 Å². The maximum absolute atomic E-state index is 12.2. The highest BCUT2D eigenvalue weighted by Crippen LogP contribution is 2.24. The van der Waals surface area contributed by atoms with Crippen molar-refractivity contribution < 1.29 is 26.4 Å². The van der Waals surface area contributed by atoms with Gasteiger partial charge in [0, 0.05) is 10.6 Å². The van der Waals surface area contributed by atoms with Crippen molar-refractivity contribution in [3.63, 3.8) is 0 Å². The Hall–Kier alpha value is -2.56. The summed E-state index contributed by atoms with van der Waals surface area (Å²) in [5.74, 6) is -0.148. The molecule has 10 heteroatoms. The molecule has 0 fully saturated rings. The number of hydrogen-bond donors (Lipinski definition) is 2. The smallest absolute Gasteiger partial charge is 0.325 e. The lowest BCUT2D eigenvalue weighted by Gasteiger charge is -2.10. The van der Waals surface area contributed by atoms with Gasteiger partial charge in [0.15, 0.2) is 0 Å². The quantitative estimate of drug-likeness (QED) is 0.519. The van der Waals surface area contributed by atoms with Crippen molar-refractivity contribution in [3.8, 4) is 0 Å². The zero-order chi connectivity index (χ0) is 21.8. The zero-order valence-corrected chi connectivity index (χ0v) is 17.1. The van der Waals surface area contributed by atoms with Crippen LogP contribution in [0.4, 0.5) is 18.9 Å². The second-order valence-corrected chi connectivity index (χ2v) is 9.13. The Morgan fingerprint density at radius 2 is 1.60 bits per heavy atom. The highest BCUT2D eigenvalue weighted by Gasteiger charge is 2.30. The van der Waals surface area contributed by atoms with Crippen molar-refractivity contribution in [2.24, 2.45) is 0 Å². The maximum Gasteiger partial charge on any atom is 0.402 e. The molecule has 0 spiro atoms. The van der Waals surface area contributed by atoms with Crippen LogP contribution < -0.4 is 10.0 Å². The minimum atomic E-state index is -4.65. The summed E-state index contributed by atoms with van der Waals surface area (Å²) in [7, 11) is -4.29. The highest BCUT2D eigenvalue weighted by molar-refractivity contribution is 8.00. The number of rotatable bonds is 7. The summed E-state index contributed by atoms with van der Waals surface area (Å²) in [6.45, 7) is -1.65. The second kappa shape index (κ2) is 9.07. The third-order valence-corrected chi connectivity index (χ3v) is 6.41. The van der Waals surface area contributed by atoms with E-state index in [-0.39, 0.29) is 16.6 Å². The number of carbonyl (C=O) groups is 1. The molecule has 0 aromatic heterocycles. The summed E-state index contributed by atoms with van der Waals surface area (Å²) in [6, 6.07) is 18.7. The van der Waals surface area contributed by atoms with Crippen LogP contribution in [0.2, 0.25) is 0 Å². The number of carbonyl (C=O) groups excluding carboxylic acids is 1. The Morgan fingerprint density at radius 1 is 0.933 bits per heavy atom. The van der Waals surface area contributed by atoms with E-state index >= 15 is 0 Å². The molecule has 0 radical (unpaired) electrons. The molecule has 3 rings (SSSR count). The van der Waals surface area contributed by atoms with Crippen molar-refractivity contribution in [2.45, 2.75) is 16.0 Å². The summed E-state index contributed by atoms with van der Waals surface area (Å²) < 4.78 is 61.8. The van der Waals surface area contributed by atoms with Crippen LogP contribution in [0.15, 0.2) is 76.5 Å². The van der Waals surface area contributed by atoms with E-state index in [0.717, 1.165) is 27.8 Å². The number of nitrogens with one attached hydrogen (secondary N) is 2. The van der Waals surface area contributed by atoms with Gasteiger partial charge < -0.3 is 5.32 Å². The van der Waals surface area contributed by atoms with Crippen LogP contribution in [-0.2, 0) is 14.8 Å². The fourth-order valence-electron chi connectivity index (χ4n) is 2.58. The number of thioether (sulfide) groups is 1. The average Bonchev–Trinajstić information content (AvgIpc) is 2.71. The Kier molecular flexibility index (Phi) is 6.69. The van der Waals surface area contributed by atoms with Crippen molar-refractivity contribution >= 4 is 44.2 Å². The van der Waals surface area contributed by atoms with Gasteiger partial charge in [-0.1, -0.05) is 30.3 Å². The summed E-state index contributed by atoms with van der Waals surface area (Å²) in [4.78, 5) is 12.8. The van der Waals surface area contributed by atoms with E-state index in [0.29, 0.717) is 5.69 Å². The molecule has 3 aromatic rings. The largest absolute Gasteiger partial charge is 0.402 e. The van der Waals surface area contributed by atoms with Crippen LogP contribution in [0, 0.1) is 0 Å².